The number of carbonyl (C=O) groups excluding carboxylic acids is 1. The molecule has 1 rings (SSSR count). The Morgan fingerprint density at radius 2 is 2.06 bits per heavy atom. The first-order valence-electron chi connectivity index (χ1n) is 5.84. The topological polar surface area (TPSA) is 26.3 Å². The van der Waals surface area contributed by atoms with Crippen LogP contribution in [0.15, 0.2) is 42.5 Å². The third-order valence-electron chi connectivity index (χ3n) is 2.58. The lowest BCUT2D eigenvalue weighted by Gasteiger charge is -2.11. The van der Waals surface area contributed by atoms with Crippen LogP contribution in [0.25, 0.3) is 6.08 Å². The largest absolute Gasteiger partial charge is 0.466 e. The van der Waals surface area contributed by atoms with Crippen LogP contribution in [0.4, 0.5) is 0 Å². The van der Waals surface area contributed by atoms with Gasteiger partial charge in [-0.25, -0.2) is 0 Å². The molecule has 2 nitrogen and oxygen atoms in total. The maximum Gasteiger partial charge on any atom is 0.313 e. The van der Waals surface area contributed by atoms with Crippen molar-refractivity contribution in [2.75, 3.05) is 6.61 Å². The van der Waals surface area contributed by atoms with Crippen LogP contribution in [0, 0.1) is 5.92 Å². The molecule has 0 radical (unpaired) electrons. The van der Waals surface area contributed by atoms with Crippen molar-refractivity contribution in [3.8, 4) is 0 Å². The van der Waals surface area contributed by atoms with Crippen LogP contribution in [0.1, 0.15) is 19.4 Å². The van der Waals surface area contributed by atoms with Gasteiger partial charge in [-0.3, -0.25) is 4.79 Å². The molecule has 0 heterocycles. The highest BCUT2D eigenvalue weighted by Gasteiger charge is 2.16. The first-order valence-corrected chi connectivity index (χ1v) is 6.22. The van der Waals surface area contributed by atoms with Gasteiger partial charge in [0, 0.05) is 5.02 Å². The highest BCUT2D eigenvalue weighted by Crippen LogP contribution is 2.19. The van der Waals surface area contributed by atoms with Crippen LogP contribution >= 0.6 is 11.6 Å². The minimum atomic E-state index is -0.321. The SMILES string of the molecule is C=C/C(=C/c1ccc(Cl)cc1)C(C)C(=O)OCC. The molecule has 1 aromatic rings. The molecular formula is C15H17ClO2. The molecule has 0 aliphatic heterocycles. The fourth-order valence-corrected chi connectivity index (χ4v) is 1.64. The van der Waals surface area contributed by atoms with Gasteiger partial charge in [0.25, 0.3) is 0 Å². The number of ether oxygens (including phenoxy) is 1. The first-order chi connectivity index (χ1) is 8.58. The predicted octanol–water partition coefficient (Wildman–Crippen LogP) is 4.11. The fourth-order valence-electron chi connectivity index (χ4n) is 1.52. The second-order valence-corrected chi connectivity index (χ2v) is 4.31. The van der Waals surface area contributed by atoms with Gasteiger partial charge in [0.1, 0.15) is 0 Å². The molecule has 0 aliphatic carbocycles. The number of hydrogen-bond acceptors (Lipinski definition) is 2. The van der Waals surface area contributed by atoms with Crippen LogP contribution < -0.4 is 0 Å². The molecule has 0 bridgehead atoms. The Bertz CT molecular complexity index is 446. The zero-order valence-corrected chi connectivity index (χ0v) is 11.4. The van der Waals surface area contributed by atoms with Crippen LogP contribution in [-0.2, 0) is 9.53 Å². The second-order valence-electron chi connectivity index (χ2n) is 3.87. The summed E-state index contributed by atoms with van der Waals surface area (Å²) in [5.74, 6) is -0.559. The van der Waals surface area contributed by atoms with Crippen molar-refractivity contribution in [2.45, 2.75) is 13.8 Å². The highest BCUT2D eigenvalue weighted by molar-refractivity contribution is 6.30. The normalized spacial score (nSPS) is 12.9. The molecule has 1 atom stereocenters. The Hall–Kier alpha value is -1.54. The summed E-state index contributed by atoms with van der Waals surface area (Å²) >= 11 is 5.82. The van der Waals surface area contributed by atoms with E-state index in [2.05, 4.69) is 6.58 Å². The first kappa shape index (κ1) is 14.5. The molecule has 0 aromatic heterocycles. The van der Waals surface area contributed by atoms with Crippen molar-refractivity contribution in [2.24, 2.45) is 5.92 Å². The molecule has 1 aromatic carbocycles. The van der Waals surface area contributed by atoms with E-state index in [1.807, 2.05) is 30.3 Å². The summed E-state index contributed by atoms with van der Waals surface area (Å²) in [6.45, 7) is 7.72. The Labute approximate surface area is 113 Å². The lowest BCUT2D eigenvalue weighted by atomic mass is 9.98. The lowest BCUT2D eigenvalue weighted by molar-refractivity contribution is -0.145. The average molecular weight is 265 g/mol. The molecule has 0 aliphatic rings. The van der Waals surface area contributed by atoms with E-state index >= 15 is 0 Å². The molecule has 0 fully saturated rings. The number of halogens is 1. The molecule has 0 amide bonds. The van der Waals surface area contributed by atoms with E-state index in [0.717, 1.165) is 11.1 Å². The number of esters is 1. The van der Waals surface area contributed by atoms with E-state index in [1.165, 1.54) is 0 Å². The smallest absolute Gasteiger partial charge is 0.313 e. The van der Waals surface area contributed by atoms with Crippen LogP contribution in [0.5, 0.6) is 0 Å². The van der Waals surface area contributed by atoms with Crippen molar-refractivity contribution in [1.29, 1.82) is 0 Å². The second kappa shape index (κ2) is 7.02. The number of benzene rings is 1. The maximum absolute atomic E-state index is 11.7. The number of hydrogen-bond donors (Lipinski definition) is 0. The third kappa shape index (κ3) is 4.04. The summed E-state index contributed by atoms with van der Waals surface area (Å²) in [4.78, 5) is 11.7. The van der Waals surface area contributed by atoms with Crippen molar-refractivity contribution >= 4 is 23.6 Å². The van der Waals surface area contributed by atoms with E-state index in [1.54, 1.807) is 19.9 Å². The highest BCUT2D eigenvalue weighted by atomic mass is 35.5. The minimum Gasteiger partial charge on any atom is -0.466 e. The van der Waals surface area contributed by atoms with Gasteiger partial charge in [-0.2, -0.15) is 0 Å². The van der Waals surface area contributed by atoms with E-state index < -0.39 is 0 Å². The quantitative estimate of drug-likeness (QED) is 0.591. The predicted molar refractivity (Wildman–Crippen MR) is 75.4 cm³/mol. The van der Waals surface area contributed by atoms with E-state index in [9.17, 15) is 4.79 Å². The third-order valence-corrected chi connectivity index (χ3v) is 2.83. The van der Waals surface area contributed by atoms with E-state index in [-0.39, 0.29) is 11.9 Å². The average Bonchev–Trinajstić information content (AvgIpc) is 2.37. The molecule has 0 N–H and O–H groups in total. The summed E-state index contributed by atoms with van der Waals surface area (Å²) in [6, 6.07) is 7.40. The van der Waals surface area contributed by atoms with Gasteiger partial charge in [-0.05, 0) is 37.1 Å². The Morgan fingerprint density at radius 1 is 1.44 bits per heavy atom. The molecule has 0 spiro atoms. The summed E-state index contributed by atoms with van der Waals surface area (Å²) in [5.41, 5.74) is 1.81. The zero-order chi connectivity index (χ0) is 13.5. The van der Waals surface area contributed by atoms with Gasteiger partial charge in [0.15, 0.2) is 0 Å². The zero-order valence-electron chi connectivity index (χ0n) is 10.7. The van der Waals surface area contributed by atoms with Gasteiger partial charge in [0.05, 0.1) is 12.5 Å². The molecular weight excluding hydrogens is 248 g/mol. The summed E-state index contributed by atoms with van der Waals surface area (Å²) in [5, 5.41) is 0.686. The van der Waals surface area contributed by atoms with E-state index in [4.69, 9.17) is 16.3 Å². The number of rotatable bonds is 5. The number of carbonyl (C=O) groups is 1. The molecule has 96 valence electrons. The molecule has 1 unspecified atom stereocenters. The summed E-state index contributed by atoms with van der Waals surface area (Å²) in [7, 11) is 0. The minimum absolute atomic E-state index is 0.238. The molecule has 18 heavy (non-hydrogen) atoms. The Morgan fingerprint density at radius 3 is 2.56 bits per heavy atom. The monoisotopic (exact) mass is 264 g/mol. The molecule has 0 saturated heterocycles. The van der Waals surface area contributed by atoms with E-state index in [0.29, 0.717) is 11.6 Å². The van der Waals surface area contributed by atoms with Gasteiger partial charge in [-0.1, -0.05) is 42.5 Å². The Balaban J connectivity index is 2.91. The van der Waals surface area contributed by atoms with Crippen molar-refractivity contribution in [3.63, 3.8) is 0 Å². The van der Waals surface area contributed by atoms with Crippen LogP contribution in [0.2, 0.25) is 5.02 Å². The summed E-state index contributed by atoms with van der Waals surface area (Å²) < 4.78 is 4.99. The maximum atomic E-state index is 11.7. The van der Waals surface area contributed by atoms with Gasteiger partial charge in [-0.15, -0.1) is 0 Å². The summed E-state index contributed by atoms with van der Waals surface area (Å²) in [6.07, 6.45) is 3.58. The van der Waals surface area contributed by atoms with Gasteiger partial charge < -0.3 is 4.74 Å². The molecule has 0 saturated carbocycles. The number of allylic oxidation sites excluding steroid dienone is 1. The lowest BCUT2D eigenvalue weighted by Crippen LogP contribution is -2.15. The molecule has 3 heteroatoms. The van der Waals surface area contributed by atoms with Crippen molar-refractivity contribution < 1.29 is 9.53 Å². The standard InChI is InChI=1S/C15H17ClO2/c1-4-13(11(3)15(17)18-5-2)10-12-6-8-14(16)9-7-12/h4,6-11H,1,5H2,2-3H3/b13-10-. The van der Waals surface area contributed by atoms with Crippen molar-refractivity contribution in [1.82, 2.24) is 0 Å². The fraction of sp³-hybridized carbons (Fsp3) is 0.267. The van der Waals surface area contributed by atoms with Crippen molar-refractivity contribution in [3.05, 3.63) is 53.1 Å². The van der Waals surface area contributed by atoms with Crippen LogP contribution in [-0.4, -0.2) is 12.6 Å². The van der Waals surface area contributed by atoms with Crippen LogP contribution in [0.3, 0.4) is 0 Å². The van der Waals surface area contributed by atoms with Gasteiger partial charge >= 0.3 is 5.97 Å². The van der Waals surface area contributed by atoms with Gasteiger partial charge in [0.2, 0.25) is 0 Å². The Kier molecular flexibility index (Phi) is 5.66.